The van der Waals surface area contributed by atoms with Gasteiger partial charge in [-0.25, -0.2) is 4.79 Å². The van der Waals surface area contributed by atoms with E-state index in [1.54, 1.807) is 31.2 Å². The highest BCUT2D eigenvalue weighted by atomic mass is 16.5. The Hall–Kier alpha value is -2.04. The maximum atomic E-state index is 11.4. The monoisotopic (exact) mass is 324 g/mol. The van der Waals surface area contributed by atoms with Crippen LogP contribution in [0.3, 0.4) is 0 Å². The Bertz CT molecular complexity index is 445. The van der Waals surface area contributed by atoms with Gasteiger partial charge in [-0.2, -0.15) is 0 Å². The van der Waals surface area contributed by atoms with Crippen molar-refractivity contribution in [1.29, 1.82) is 0 Å². The molecule has 5 nitrogen and oxygen atoms in total. The average Bonchev–Trinajstić information content (AvgIpc) is 2.48. The lowest BCUT2D eigenvalue weighted by atomic mass is 10.2. The van der Waals surface area contributed by atoms with E-state index in [1.807, 2.05) is 20.8 Å². The zero-order valence-electron chi connectivity index (χ0n) is 14.8. The molecule has 1 rings (SSSR count). The first-order valence-corrected chi connectivity index (χ1v) is 7.85. The van der Waals surface area contributed by atoms with Crippen molar-refractivity contribution < 1.29 is 23.8 Å². The highest BCUT2D eigenvalue weighted by Gasteiger charge is 2.07. The molecule has 23 heavy (non-hydrogen) atoms. The van der Waals surface area contributed by atoms with Crippen LogP contribution in [0.1, 0.15) is 57.8 Å². The molecule has 0 aliphatic carbocycles. The van der Waals surface area contributed by atoms with Gasteiger partial charge >= 0.3 is 5.97 Å². The van der Waals surface area contributed by atoms with Gasteiger partial charge in [0.15, 0.2) is 0 Å². The fraction of sp³-hybridized carbons (Fsp3) is 0.556. The van der Waals surface area contributed by atoms with Gasteiger partial charge < -0.3 is 14.2 Å². The minimum Gasteiger partial charge on any atom is -0.494 e. The van der Waals surface area contributed by atoms with Gasteiger partial charge in [-0.1, -0.05) is 13.3 Å². The summed E-state index contributed by atoms with van der Waals surface area (Å²) in [5.41, 5.74) is 0.242. The summed E-state index contributed by atoms with van der Waals surface area (Å²) >= 11 is 0. The quantitative estimate of drug-likeness (QED) is 0.431. The Balaban J connectivity index is 0.000000585. The Morgan fingerprint density at radius 1 is 1.13 bits per heavy atom. The molecule has 5 heteroatoms. The van der Waals surface area contributed by atoms with Crippen molar-refractivity contribution in [3.05, 3.63) is 29.8 Å². The van der Waals surface area contributed by atoms with Gasteiger partial charge in [0.2, 0.25) is 0 Å². The van der Waals surface area contributed by atoms with Crippen molar-refractivity contribution in [2.24, 2.45) is 0 Å². The first kappa shape index (κ1) is 21.0. The normalized spacial score (nSPS) is 10.1. The SMILES string of the molecule is CC(C)(C)OC=O.CCCCOc1ccc(C(=O)OCC)cc1. The van der Waals surface area contributed by atoms with E-state index in [2.05, 4.69) is 11.7 Å². The van der Waals surface area contributed by atoms with Crippen molar-refractivity contribution >= 4 is 12.4 Å². The lowest BCUT2D eigenvalue weighted by Crippen LogP contribution is -2.17. The van der Waals surface area contributed by atoms with E-state index in [9.17, 15) is 9.59 Å². The molecule has 0 heterocycles. The largest absolute Gasteiger partial charge is 0.494 e. The molecule has 0 unspecified atom stereocenters. The number of hydrogen-bond acceptors (Lipinski definition) is 5. The number of esters is 1. The maximum Gasteiger partial charge on any atom is 0.338 e. The number of carbonyl (C=O) groups is 2. The lowest BCUT2D eigenvalue weighted by Gasteiger charge is -2.14. The number of unbranched alkanes of at least 4 members (excludes halogenated alkanes) is 1. The Kier molecular flexibility index (Phi) is 10.5. The number of ether oxygens (including phenoxy) is 3. The van der Waals surface area contributed by atoms with Gasteiger partial charge in [0.1, 0.15) is 11.4 Å². The summed E-state index contributed by atoms with van der Waals surface area (Å²) in [6.07, 6.45) is 2.15. The number of benzene rings is 1. The highest BCUT2D eigenvalue weighted by molar-refractivity contribution is 5.89. The maximum absolute atomic E-state index is 11.4. The average molecular weight is 324 g/mol. The Morgan fingerprint density at radius 3 is 2.13 bits per heavy atom. The second-order valence-corrected chi connectivity index (χ2v) is 5.77. The van der Waals surface area contributed by atoms with Crippen LogP contribution in [-0.4, -0.2) is 31.3 Å². The molecule has 0 amide bonds. The van der Waals surface area contributed by atoms with E-state index >= 15 is 0 Å². The van der Waals surface area contributed by atoms with Crippen LogP contribution < -0.4 is 4.74 Å². The van der Waals surface area contributed by atoms with Crippen LogP contribution in [0.25, 0.3) is 0 Å². The summed E-state index contributed by atoms with van der Waals surface area (Å²) in [5, 5.41) is 0. The molecule has 0 saturated carbocycles. The van der Waals surface area contributed by atoms with E-state index in [0.717, 1.165) is 25.2 Å². The molecule has 0 saturated heterocycles. The van der Waals surface area contributed by atoms with Crippen molar-refractivity contribution in [3.63, 3.8) is 0 Å². The fourth-order valence-corrected chi connectivity index (χ4v) is 1.38. The van der Waals surface area contributed by atoms with Crippen LogP contribution in [0.15, 0.2) is 24.3 Å². The van der Waals surface area contributed by atoms with Gasteiger partial charge in [0.05, 0.1) is 18.8 Å². The van der Waals surface area contributed by atoms with Gasteiger partial charge in [-0.3, -0.25) is 4.79 Å². The second-order valence-electron chi connectivity index (χ2n) is 5.77. The minimum atomic E-state index is -0.318. The van der Waals surface area contributed by atoms with E-state index in [1.165, 1.54) is 0 Å². The smallest absolute Gasteiger partial charge is 0.338 e. The summed E-state index contributed by atoms with van der Waals surface area (Å²) in [6.45, 7) is 10.9. The fourth-order valence-electron chi connectivity index (χ4n) is 1.38. The van der Waals surface area contributed by atoms with E-state index in [4.69, 9.17) is 9.47 Å². The summed E-state index contributed by atoms with van der Waals surface area (Å²) in [5.74, 6) is 0.504. The molecule has 0 bridgehead atoms. The third kappa shape index (κ3) is 11.2. The van der Waals surface area contributed by atoms with Crippen LogP contribution in [0.5, 0.6) is 5.75 Å². The molecule has 0 spiro atoms. The molecular formula is C18H28O5. The van der Waals surface area contributed by atoms with Crippen molar-refractivity contribution in [2.45, 2.75) is 53.1 Å². The summed E-state index contributed by atoms with van der Waals surface area (Å²) in [6, 6.07) is 7.03. The molecule has 0 radical (unpaired) electrons. The van der Waals surface area contributed by atoms with E-state index in [0.29, 0.717) is 18.6 Å². The molecule has 1 aromatic carbocycles. The summed E-state index contributed by atoms with van der Waals surface area (Å²) in [4.78, 5) is 21.0. The van der Waals surface area contributed by atoms with Gasteiger partial charge in [-0.15, -0.1) is 0 Å². The molecular weight excluding hydrogens is 296 g/mol. The summed E-state index contributed by atoms with van der Waals surface area (Å²) in [7, 11) is 0. The Morgan fingerprint density at radius 2 is 1.74 bits per heavy atom. The molecule has 0 aromatic heterocycles. The Labute approximate surface area is 138 Å². The standard InChI is InChI=1S/C13H18O3.C5H10O2/c1-3-5-10-16-12-8-6-11(7-9-12)13(14)15-4-2;1-5(2,3)7-4-6/h6-9H,3-5,10H2,1-2H3;4H,1-3H3. The van der Waals surface area contributed by atoms with Crippen LogP contribution in [0.4, 0.5) is 0 Å². The van der Waals surface area contributed by atoms with Gasteiger partial charge in [0, 0.05) is 0 Å². The first-order valence-electron chi connectivity index (χ1n) is 7.85. The van der Waals surface area contributed by atoms with Crippen LogP contribution in [0, 0.1) is 0 Å². The number of rotatable bonds is 7. The molecule has 0 aliphatic rings. The molecule has 0 N–H and O–H groups in total. The minimum absolute atomic E-state index is 0.289. The molecule has 130 valence electrons. The third-order valence-corrected chi connectivity index (χ3v) is 2.53. The van der Waals surface area contributed by atoms with Gasteiger partial charge in [-0.05, 0) is 58.4 Å². The van der Waals surface area contributed by atoms with E-state index < -0.39 is 0 Å². The van der Waals surface area contributed by atoms with Crippen molar-refractivity contribution in [3.8, 4) is 5.75 Å². The highest BCUT2D eigenvalue weighted by Crippen LogP contribution is 2.13. The number of hydrogen-bond donors (Lipinski definition) is 0. The molecule has 0 atom stereocenters. The van der Waals surface area contributed by atoms with Crippen LogP contribution in [0.2, 0.25) is 0 Å². The zero-order valence-corrected chi connectivity index (χ0v) is 14.8. The lowest BCUT2D eigenvalue weighted by molar-refractivity contribution is -0.138. The van der Waals surface area contributed by atoms with Crippen molar-refractivity contribution in [2.75, 3.05) is 13.2 Å². The van der Waals surface area contributed by atoms with Gasteiger partial charge in [0.25, 0.3) is 6.47 Å². The topological polar surface area (TPSA) is 61.8 Å². The third-order valence-electron chi connectivity index (χ3n) is 2.53. The molecule has 0 fully saturated rings. The van der Waals surface area contributed by atoms with Crippen LogP contribution >= 0.6 is 0 Å². The first-order chi connectivity index (χ1) is 10.8. The number of carbonyl (C=O) groups excluding carboxylic acids is 2. The summed E-state index contributed by atoms with van der Waals surface area (Å²) < 4.78 is 14.9. The molecule has 1 aromatic rings. The molecule has 0 aliphatic heterocycles. The van der Waals surface area contributed by atoms with Crippen LogP contribution in [-0.2, 0) is 14.3 Å². The van der Waals surface area contributed by atoms with E-state index in [-0.39, 0.29) is 11.6 Å². The zero-order chi connectivity index (χ0) is 17.7. The second kappa shape index (κ2) is 11.5. The predicted octanol–water partition coefficient (Wildman–Crippen LogP) is 4.00. The van der Waals surface area contributed by atoms with Crippen molar-refractivity contribution in [1.82, 2.24) is 0 Å². The predicted molar refractivity (Wildman–Crippen MR) is 89.7 cm³/mol.